The van der Waals surface area contributed by atoms with E-state index in [1.54, 1.807) is 14.0 Å². The smallest absolute Gasteiger partial charge is 0.338 e. The molecule has 2 aliphatic rings. The number of carbonyl (C=O) groups excluding carboxylic acids is 1. The Kier molecular flexibility index (Phi) is 5.91. The Labute approximate surface area is 148 Å². The molecule has 1 aliphatic carbocycles. The molecule has 0 fully saturated rings. The molecule has 5 nitrogen and oxygen atoms in total. The van der Waals surface area contributed by atoms with Crippen molar-refractivity contribution in [2.75, 3.05) is 33.4 Å². The summed E-state index contributed by atoms with van der Waals surface area (Å²) < 4.78 is 10.3. The van der Waals surface area contributed by atoms with Crippen molar-refractivity contribution in [2.45, 2.75) is 13.3 Å². The molecule has 130 valence electrons. The average Bonchev–Trinajstić information content (AvgIpc) is 2.54. The molecule has 0 spiro atoms. The Hall–Kier alpha value is -1.98. The standard InChI is InChI=1S/C18H21NO4.ClH/c1-3-23-18(21)16-11-19(7-6-17(16)20)10-13-8-12-4-5-14(22-2)9-15(12)13;/h4-5,8-9,20H,3,6-7,10-11H2,1-2H3;1H. The minimum absolute atomic E-state index is 0. The van der Waals surface area contributed by atoms with Gasteiger partial charge in [0.2, 0.25) is 0 Å². The monoisotopic (exact) mass is 351 g/mol. The largest absolute Gasteiger partial charge is 0.512 e. The van der Waals surface area contributed by atoms with Crippen molar-refractivity contribution in [1.29, 1.82) is 0 Å². The highest BCUT2D eigenvalue weighted by Crippen LogP contribution is 2.36. The third-order valence-corrected chi connectivity index (χ3v) is 4.25. The van der Waals surface area contributed by atoms with E-state index < -0.39 is 5.97 Å². The molecule has 0 amide bonds. The molecule has 1 aliphatic heterocycles. The molecule has 1 aromatic carbocycles. The van der Waals surface area contributed by atoms with Crippen LogP contribution in [0.1, 0.15) is 24.5 Å². The fourth-order valence-electron chi connectivity index (χ4n) is 2.97. The minimum atomic E-state index is -0.417. The summed E-state index contributed by atoms with van der Waals surface area (Å²) in [5.74, 6) is 0.585. The van der Waals surface area contributed by atoms with Gasteiger partial charge in [-0.1, -0.05) is 6.07 Å². The summed E-state index contributed by atoms with van der Waals surface area (Å²) in [4.78, 5) is 14.1. The van der Waals surface area contributed by atoms with Crippen LogP contribution in [0.5, 0.6) is 5.75 Å². The molecule has 3 rings (SSSR count). The van der Waals surface area contributed by atoms with Gasteiger partial charge in [-0.3, -0.25) is 4.90 Å². The highest BCUT2D eigenvalue weighted by molar-refractivity contribution is 5.97. The van der Waals surface area contributed by atoms with Crippen molar-refractivity contribution in [1.82, 2.24) is 4.90 Å². The Morgan fingerprint density at radius 3 is 2.88 bits per heavy atom. The van der Waals surface area contributed by atoms with E-state index in [2.05, 4.69) is 11.0 Å². The quantitative estimate of drug-likeness (QED) is 0.826. The van der Waals surface area contributed by atoms with Crippen molar-refractivity contribution in [3.63, 3.8) is 0 Å². The third kappa shape index (κ3) is 3.57. The van der Waals surface area contributed by atoms with E-state index in [0.717, 1.165) is 18.8 Å². The van der Waals surface area contributed by atoms with Crippen LogP contribution in [0.25, 0.3) is 11.6 Å². The molecule has 1 N–H and O–H groups in total. The first kappa shape index (κ1) is 18.4. The molecule has 0 unspecified atom stereocenters. The molecular weight excluding hydrogens is 330 g/mol. The molecule has 0 saturated heterocycles. The van der Waals surface area contributed by atoms with E-state index in [1.807, 2.05) is 18.2 Å². The molecular formula is C18H22ClNO4. The fraction of sp³-hybridized carbons (Fsp3) is 0.389. The van der Waals surface area contributed by atoms with Gasteiger partial charge in [0, 0.05) is 26.1 Å². The number of fused-ring (bicyclic) bond motifs is 1. The van der Waals surface area contributed by atoms with Crippen molar-refractivity contribution >= 4 is 30.0 Å². The van der Waals surface area contributed by atoms with E-state index in [1.165, 1.54) is 16.7 Å². The van der Waals surface area contributed by atoms with Gasteiger partial charge < -0.3 is 14.6 Å². The maximum atomic E-state index is 11.9. The zero-order valence-corrected chi connectivity index (χ0v) is 14.7. The molecule has 0 aromatic heterocycles. The Morgan fingerprint density at radius 1 is 1.38 bits per heavy atom. The van der Waals surface area contributed by atoms with Crippen molar-refractivity contribution in [3.05, 3.63) is 40.7 Å². The second kappa shape index (κ2) is 7.73. The summed E-state index contributed by atoms with van der Waals surface area (Å²) in [6.07, 6.45) is 2.63. The van der Waals surface area contributed by atoms with Crippen molar-refractivity contribution in [3.8, 4) is 5.75 Å². The van der Waals surface area contributed by atoms with Crippen LogP contribution in [0, 0.1) is 0 Å². The second-order valence-electron chi connectivity index (χ2n) is 5.73. The second-order valence-corrected chi connectivity index (χ2v) is 5.73. The van der Waals surface area contributed by atoms with Gasteiger partial charge in [0.25, 0.3) is 0 Å². The first-order chi connectivity index (χ1) is 11.1. The van der Waals surface area contributed by atoms with Gasteiger partial charge in [-0.05, 0) is 41.8 Å². The lowest BCUT2D eigenvalue weighted by Crippen LogP contribution is -2.36. The van der Waals surface area contributed by atoms with Crippen LogP contribution in [-0.2, 0) is 9.53 Å². The number of aliphatic hydroxyl groups is 1. The topological polar surface area (TPSA) is 59.0 Å². The number of methoxy groups -OCH3 is 1. The molecule has 0 radical (unpaired) electrons. The number of ether oxygens (including phenoxy) is 2. The third-order valence-electron chi connectivity index (χ3n) is 4.25. The highest BCUT2D eigenvalue weighted by Gasteiger charge is 2.27. The number of benzene rings is 1. The van der Waals surface area contributed by atoms with Crippen molar-refractivity contribution < 1.29 is 19.4 Å². The Morgan fingerprint density at radius 2 is 2.17 bits per heavy atom. The lowest BCUT2D eigenvalue weighted by Gasteiger charge is -2.31. The number of halogens is 1. The van der Waals surface area contributed by atoms with Gasteiger partial charge in [-0.25, -0.2) is 4.79 Å². The normalized spacial score (nSPS) is 16.5. The number of nitrogens with zero attached hydrogens (tertiary/aromatic N) is 1. The van der Waals surface area contributed by atoms with E-state index >= 15 is 0 Å². The molecule has 0 saturated carbocycles. The lowest BCUT2D eigenvalue weighted by molar-refractivity contribution is -0.139. The predicted molar refractivity (Wildman–Crippen MR) is 95.5 cm³/mol. The average molecular weight is 352 g/mol. The van der Waals surface area contributed by atoms with Crippen LogP contribution < -0.4 is 4.74 Å². The minimum Gasteiger partial charge on any atom is -0.512 e. The summed E-state index contributed by atoms with van der Waals surface area (Å²) in [6.45, 7) is 3.97. The van der Waals surface area contributed by atoms with Crippen LogP contribution in [0.3, 0.4) is 0 Å². The number of aliphatic hydroxyl groups excluding tert-OH is 1. The van der Waals surface area contributed by atoms with Crippen LogP contribution in [0.2, 0.25) is 0 Å². The molecule has 0 bridgehead atoms. The zero-order chi connectivity index (χ0) is 16.4. The Bertz CT molecular complexity index is 696. The summed E-state index contributed by atoms with van der Waals surface area (Å²) in [6, 6.07) is 6.03. The fourth-order valence-corrected chi connectivity index (χ4v) is 2.97. The number of hydrogen-bond donors (Lipinski definition) is 1. The number of carbonyl (C=O) groups is 1. The maximum Gasteiger partial charge on any atom is 0.338 e. The van der Waals surface area contributed by atoms with E-state index in [0.29, 0.717) is 25.1 Å². The van der Waals surface area contributed by atoms with Gasteiger partial charge in [-0.15, -0.1) is 12.4 Å². The molecule has 6 heteroatoms. The molecule has 1 heterocycles. The van der Waals surface area contributed by atoms with E-state index in [4.69, 9.17) is 9.47 Å². The van der Waals surface area contributed by atoms with Gasteiger partial charge in [0.15, 0.2) is 0 Å². The van der Waals surface area contributed by atoms with Crippen molar-refractivity contribution in [2.24, 2.45) is 0 Å². The van der Waals surface area contributed by atoms with E-state index in [-0.39, 0.29) is 18.2 Å². The summed E-state index contributed by atoms with van der Waals surface area (Å²) in [7, 11) is 1.66. The molecule has 24 heavy (non-hydrogen) atoms. The van der Waals surface area contributed by atoms with Crippen LogP contribution in [0.4, 0.5) is 0 Å². The summed E-state index contributed by atoms with van der Waals surface area (Å²) in [5, 5.41) is 9.94. The summed E-state index contributed by atoms with van der Waals surface area (Å²) >= 11 is 0. The summed E-state index contributed by atoms with van der Waals surface area (Å²) in [5.41, 5.74) is 4.01. The van der Waals surface area contributed by atoms with Gasteiger partial charge >= 0.3 is 5.97 Å². The highest BCUT2D eigenvalue weighted by atomic mass is 35.5. The number of esters is 1. The van der Waals surface area contributed by atoms with Crippen LogP contribution in [0.15, 0.2) is 29.5 Å². The van der Waals surface area contributed by atoms with Crippen LogP contribution >= 0.6 is 12.4 Å². The Balaban J connectivity index is 0.00000208. The number of hydrogen-bond acceptors (Lipinski definition) is 5. The SMILES string of the molecule is CCOC(=O)C1=C(O)CCN(CC2=Cc3ccc(OC)cc32)C1.Cl. The molecule has 0 atom stereocenters. The molecule has 1 aromatic rings. The first-order valence-electron chi connectivity index (χ1n) is 7.81. The van der Waals surface area contributed by atoms with E-state index in [9.17, 15) is 9.90 Å². The van der Waals surface area contributed by atoms with Gasteiger partial charge in [-0.2, -0.15) is 0 Å². The van der Waals surface area contributed by atoms with Crippen LogP contribution in [-0.4, -0.2) is 49.3 Å². The lowest BCUT2D eigenvalue weighted by atomic mass is 9.87. The maximum absolute atomic E-state index is 11.9. The predicted octanol–water partition coefficient (Wildman–Crippen LogP) is 3.05. The van der Waals surface area contributed by atoms with Gasteiger partial charge in [0.05, 0.1) is 19.3 Å². The van der Waals surface area contributed by atoms with Gasteiger partial charge in [0.1, 0.15) is 11.5 Å². The zero-order valence-electron chi connectivity index (χ0n) is 13.9. The first-order valence-corrected chi connectivity index (χ1v) is 7.81. The number of rotatable bonds is 5.